The highest BCUT2D eigenvalue weighted by atomic mass is 35.5. The van der Waals surface area contributed by atoms with Crippen LogP contribution < -0.4 is 0 Å². The van der Waals surface area contributed by atoms with Crippen LogP contribution >= 0.6 is 11.6 Å². The Hall–Kier alpha value is -2.40. The minimum absolute atomic E-state index is 0.00225. The highest BCUT2D eigenvalue weighted by Gasteiger charge is 2.18. The van der Waals surface area contributed by atoms with Gasteiger partial charge >= 0.3 is 5.97 Å². The number of para-hydroxylation sites is 2. The number of halogens is 2. The van der Waals surface area contributed by atoms with Crippen molar-refractivity contribution in [2.24, 2.45) is 0 Å². The molecular weight excluding hydrogens is 297 g/mol. The van der Waals surface area contributed by atoms with Crippen molar-refractivity contribution in [1.82, 2.24) is 4.98 Å². The Bertz CT molecular complexity index is 762. The van der Waals surface area contributed by atoms with Gasteiger partial charge in [0.25, 0.3) is 0 Å². The van der Waals surface area contributed by atoms with E-state index in [2.05, 4.69) is 4.98 Å². The molecule has 0 N–H and O–H groups in total. The quantitative estimate of drug-likeness (QED) is 0.687. The SMILES string of the molecule is O=C(OCc1nc2ccccc2o1)c1c(F)cccc1Cl. The van der Waals surface area contributed by atoms with E-state index in [0.29, 0.717) is 11.1 Å². The lowest BCUT2D eigenvalue weighted by Gasteiger charge is -2.05. The van der Waals surface area contributed by atoms with Crippen molar-refractivity contribution in [2.45, 2.75) is 6.61 Å². The Morgan fingerprint density at radius 1 is 1.24 bits per heavy atom. The zero-order valence-corrected chi connectivity index (χ0v) is 11.4. The van der Waals surface area contributed by atoms with E-state index in [1.54, 1.807) is 12.1 Å². The molecule has 0 spiro atoms. The van der Waals surface area contributed by atoms with Gasteiger partial charge in [-0.3, -0.25) is 0 Å². The smallest absolute Gasteiger partial charge is 0.343 e. The van der Waals surface area contributed by atoms with Crippen LogP contribution in [0, 0.1) is 5.82 Å². The van der Waals surface area contributed by atoms with E-state index < -0.39 is 11.8 Å². The summed E-state index contributed by atoms with van der Waals surface area (Å²) >= 11 is 5.79. The summed E-state index contributed by atoms with van der Waals surface area (Å²) in [6, 6.07) is 11.1. The molecule has 0 amide bonds. The summed E-state index contributed by atoms with van der Waals surface area (Å²) in [7, 11) is 0. The molecule has 0 saturated heterocycles. The normalized spacial score (nSPS) is 10.8. The molecule has 1 heterocycles. The fraction of sp³-hybridized carbons (Fsp3) is 0.0667. The van der Waals surface area contributed by atoms with Crippen LogP contribution in [0.5, 0.6) is 0 Å². The van der Waals surface area contributed by atoms with Crippen LogP contribution in [0.15, 0.2) is 46.9 Å². The number of hydrogen-bond acceptors (Lipinski definition) is 4. The van der Waals surface area contributed by atoms with E-state index in [1.165, 1.54) is 12.1 Å². The zero-order valence-electron chi connectivity index (χ0n) is 10.7. The van der Waals surface area contributed by atoms with Gasteiger partial charge < -0.3 is 9.15 Å². The third-order valence-electron chi connectivity index (χ3n) is 2.83. The van der Waals surface area contributed by atoms with Crippen molar-refractivity contribution in [3.63, 3.8) is 0 Å². The monoisotopic (exact) mass is 305 g/mol. The topological polar surface area (TPSA) is 52.3 Å². The van der Waals surface area contributed by atoms with Gasteiger partial charge in [-0.25, -0.2) is 14.2 Å². The number of rotatable bonds is 3. The molecule has 6 heteroatoms. The second-order valence-electron chi connectivity index (χ2n) is 4.25. The summed E-state index contributed by atoms with van der Waals surface area (Å²) in [5.74, 6) is -1.36. The zero-order chi connectivity index (χ0) is 14.8. The molecule has 21 heavy (non-hydrogen) atoms. The highest BCUT2D eigenvalue weighted by Crippen LogP contribution is 2.21. The fourth-order valence-corrected chi connectivity index (χ4v) is 2.11. The van der Waals surface area contributed by atoms with E-state index in [1.807, 2.05) is 12.1 Å². The summed E-state index contributed by atoms with van der Waals surface area (Å²) < 4.78 is 24.0. The number of benzene rings is 2. The molecule has 0 bridgehead atoms. The second-order valence-corrected chi connectivity index (χ2v) is 4.66. The molecule has 0 aliphatic carbocycles. The van der Waals surface area contributed by atoms with E-state index in [-0.39, 0.29) is 23.1 Å². The lowest BCUT2D eigenvalue weighted by Crippen LogP contribution is -2.08. The maximum atomic E-state index is 13.6. The van der Waals surface area contributed by atoms with E-state index in [0.717, 1.165) is 6.07 Å². The molecular formula is C15H9ClFNO3. The van der Waals surface area contributed by atoms with Crippen molar-refractivity contribution in [2.75, 3.05) is 0 Å². The number of aromatic nitrogens is 1. The molecule has 0 unspecified atom stereocenters. The van der Waals surface area contributed by atoms with Crippen molar-refractivity contribution >= 4 is 28.7 Å². The Labute approximate surface area is 124 Å². The highest BCUT2D eigenvalue weighted by molar-refractivity contribution is 6.33. The van der Waals surface area contributed by atoms with E-state index >= 15 is 0 Å². The number of carbonyl (C=O) groups excluding carboxylic acids is 1. The fourth-order valence-electron chi connectivity index (χ4n) is 1.87. The van der Waals surface area contributed by atoms with Crippen molar-refractivity contribution in [3.05, 3.63) is 64.8 Å². The van der Waals surface area contributed by atoms with Gasteiger partial charge in [-0.15, -0.1) is 0 Å². The summed E-state index contributed by atoms with van der Waals surface area (Å²) in [6.45, 7) is -0.196. The maximum absolute atomic E-state index is 13.6. The minimum atomic E-state index is -0.861. The van der Waals surface area contributed by atoms with Gasteiger partial charge in [0, 0.05) is 0 Å². The average Bonchev–Trinajstić information content (AvgIpc) is 2.87. The average molecular weight is 306 g/mol. The molecule has 0 atom stereocenters. The molecule has 0 fully saturated rings. The van der Waals surface area contributed by atoms with Crippen LogP contribution in [0.3, 0.4) is 0 Å². The number of fused-ring (bicyclic) bond motifs is 1. The first kappa shape index (κ1) is 13.6. The Balaban J connectivity index is 1.76. The second kappa shape index (κ2) is 5.54. The lowest BCUT2D eigenvalue weighted by atomic mass is 10.2. The third-order valence-corrected chi connectivity index (χ3v) is 3.15. The first-order valence-corrected chi connectivity index (χ1v) is 6.48. The Morgan fingerprint density at radius 2 is 2.05 bits per heavy atom. The lowest BCUT2D eigenvalue weighted by molar-refractivity contribution is 0.0435. The molecule has 3 rings (SSSR count). The Morgan fingerprint density at radius 3 is 2.81 bits per heavy atom. The van der Waals surface area contributed by atoms with E-state index in [9.17, 15) is 9.18 Å². The Kier molecular flexibility index (Phi) is 3.58. The van der Waals surface area contributed by atoms with Gasteiger partial charge in [-0.1, -0.05) is 29.8 Å². The predicted octanol–water partition coefficient (Wildman–Crippen LogP) is 3.98. The summed E-state index contributed by atoms with van der Waals surface area (Å²) in [5, 5.41) is -0.00225. The number of esters is 1. The molecule has 3 aromatic rings. The van der Waals surface area contributed by atoms with E-state index in [4.69, 9.17) is 20.8 Å². The number of hydrogen-bond donors (Lipinski definition) is 0. The first-order chi connectivity index (χ1) is 10.1. The maximum Gasteiger partial charge on any atom is 0.343 e. The molecule has 0 radical (unpaired) electrons. The van der Waals surface area contributed by atoms with Gasteiger partial charge in [0.2, 0.25) is 5.89 Å². The molecule has 0 aliphatic rings. The van der Waals surface area contributed by atoms with Crippen LogP contribution in [-0.2, 0) is 11.3 Å². The van der Waals surface area contributed by atoms with Gasteiger partial charge in [0.15, 0.2) is 12.2 Å². The number of carbonyl (C=O) groups is 1. The molecule has 4 nitrogen and oxygen atoms in total. The van der Waals surface area contributed by atoms with Crippen molar-refractivity contribution in [1.29, 1.82) is 0 Å². The van der Waals surface area contributed by atoms with Crippen LogP contribution in [0.1, 0.15) is 16.2 Å². The van der Waals surface area contributed by atoms with Crippen LogP contribution in [0.2, 0.25) is 5.02 Å². The summed E-state index contributed by atoms with van der Waals surface area (Å²) in [6.07, 6.45) is 0. The van der Waals surface area contributed by atoms with Crippen LogP contribution in [-0.4, -0.2) is 11.0 Å². The largest absolute Gasteiger partial charge is 0.452 e. The predicted molar refractivity (Wildman–Crippen MR) is 74.5 cm³/mol. The first-order valence-electron chi connectivity index (χ1n) is 6.11. The number of nitrogens with zero attached hydrogens (tertiary/aromatic N) is 1. The number of oxazole rings is 1. The standard InChI is InChI=1S/C15H9ClFNO3/c16-9-4-3-5-10(17)14(9)15(19)20-8-13-18-11-6-1-2-7-12(11)21-13/h1-7H,8H2. The summed E-state index contributed by atoms with van der Waals surface area (Å²) in [5.41, 5.74) is 0.954. The van der Waals surface area contributed by atoms with Crippen molar-refractivity contribution < 1.29 is 18.3 Å². The third kappa shape index (κ3) is 2.73. The van der Waals surface area contributed by atoms with Gasteiger partial charge in [-0.2, -0.15) is 0 Å². The number of ether oxygens (including phenoxy) is 1. The summed E-state index contributed by atoms with van der Waals surface area (Å²) in [4.78, 5) is 16.0. The molecule has 0 aliphatic heterocycles. The molecule has 2 aromatic carbocycles. The van der Waals surface area contributed by atoms with Gasteiger partial charge in [0.1, 0.15) is 16.9 Å². The van der Waals surface area contributed by atoms with Gasteiger partial charge in [0.05, 0.1) is 5.02 Å². The molecule has 0 saturated carbocycles. The minimum Gasteiger partial charge on any atom is -0.452 e. The molecule has 106 valence electrons. The molecule has 1 aromatic heterocycles. The van der Waals surface area contributed by atoms with Crippen LogP contribution in [0.4, 0.5) is 4.39 Å². The van der Waals surface area contributed by atoms with Crippen LogP contribution in [0.25, 0.3) is 11.1 Å². The van der Waals surface area contributed by atoms with Crippen molar-refractivity contribution in [3.8, 4) is 0 Å². The van der Waals surface area contributed by atoms with Gasteiger partial charge in [-0.05, 0) is 24.3 Å².